The molecule has 1 atom stereocenters. The quantitative estimate of drug-likeness (QED) is 0.902. The Hall–Kier alpha value is -1.55. The second-order valence-electron chi connectivity index (χ2n) is 6.41. The molecular weight excluding hydrogens is 252 g/mol. The van der Waals surface area contributed by atoms with Crippen LogP contribution in [0.2, 0.25) is 0 Å². The molecule has 1 heterocycles. The number of ether oxygens (including phenoxy) is 1. The number of nitrogens with zero attached hydrogens (tertiary/aromatic N) is 1. The predicted molar refractivity (Wildman–Crippen MR) is 79.6 cm³/mol. The summed E-state index contributed by atoms with van der Waals surface area (Å²) in [6.45, 7) is 8.81. The number of urea groups is 1. The van der Waals surface area contributed by atoms with Crippen molar-refractivity contribution >= 4 is 6.03 Å². The average Bonchev–Trinajstić information content (AvgIpc) is 2.45. The molecule has 1 fully saturated rings. The molecule has 0 bridgehead atoms. The van der Waals surface area contributed by atoms with Gasteiger partial charge in [-0.05, 0) is 11.0 Å². The summed E-state index contributed by atoms with van der Waals surface area (Å²) < 4.78 is 5.54. The molecule has 110 valence electrons. The molecule has 0 radical (unpaired) electrons. The third kappa shape index (κ3) is 3.97. The molecule has 1 aliphatic heterocycles. The van der Waals surface area contributed by atoms with E-state index < -0.39 is 0 Å². The van der Waals surface area contributed by atoms with Crippen molar-refractivity contribution in [1.82, 2.24) is 10.2 Å². The minimum atomic E-state index is -0.00271. The highest BCUT2D eigenvalue weighted by Gasteiger charge is 2.28. The molecule has 1 saturated heterocycles. The molecule has 0 saturated carbocycles. The SMILES string of the molecule is CC(C)(C)CNC(=O)N1CCOCC1c1ccccc1. The van der Waals surface area contributed by atoms with E-state index in [0.717, 1.165) is 5.56 Å². The van der Waals surface area contributed by atoms with Crippen molar-refractivity contribution in [3.05, 3.63) is 35.9 Å². The van der Waals surface area contributed by atoms with Crippen LogP contribution in [0.25, 0.3) is 0 Å². The Kier molecular flexibility index (Phi) is 4.65. The first kappa shape index (κ1) is 14.9. The van der Waals surface area contributed by atoms with Crippen molar-refractivity contribution in [3.8, 4) is 0 Å². The Morgan fingerprint density at radius 3 is 2.70 bits per heavy atom. The van der Waals surface area contributed by atoms with Crippen LogP contribution < -0.4 is 5.32 Å². The lowest BCUT2D eigenvalue weighted by molar-refractivity contribution is 0.0113. The van der Waals surface area contributed by atoms with Gasteiger partial charge in [-0.3, -0.25) is 0 Å². The lowest BCUT2D eigenvalue weighted by atomic mass is 9.97. The minimum Gasteiger partial charge on any atom is -0.377 e. The summed E-state index contributed by atoms with van der Waals surface area (Å²) in [7, 11) is 0. The summed E-state index contributed by atoms with van der Waals surface area (Å²) in [6.07, 6.45) is 0. The third-order valence-corrected chi connectivity index (χ3v) is 3.34. The van der Waals surface area contributed by atoms with Gasteiger partial charge in [0.15, 0.2) is 0 Å². The van der Waals surface area contributed by atoms with Gasteiger partial charge in [-0.25, -0.2) is 4.79 Å². The number of benzene rings is 1. The van der Waals surface area contributed by atoms with Gasteiger partial charge in [-0.2, -0.15) is 0 Å². The molecule has 1 unspecified atom stereocenters. The van der Waals surface area contributed by atoms with E-state index in [1.807, 2.05) is 35.2 Å². The highest BCUT2D eigenvalue weighted by Crippen LogP contribution is 2.24. The Labute approximate surface area is 121 Å². The van der Waals surface area contributed by atoms with Crippen LogP contribution in [-0.2, 0) is 4.74 Å². The summed E-state index contributed by atoms with van der Waals surface area (Å²) in [5.74, 6) is 0. The zero-order valence-corrected chi connectivity index (χ0v) is 12.6. The van der Waals surface area contributed by atoms with Crippen LogP contribution in [-0.4, -0.2) is 37.2 Å². The average molecular weight is 276 g/mol. The molecular formula is C16H24N2O2. The summed E-state index contributed by atoms with van der Waals surface area (Å²) >= 11 is 0. The zero-order chi connectivity index (χ0) is 14.6. The number of carbonyl (C=O) groups is 1. The number of morpholine rings is 1. The number of rotatable bonds is 2. The van der Waals surface area contributed by atoms with Crippen LogP contribution in [0.4, 0.5) is 4.79 Å². The molecule has 20 heavy (non-hydrogen) atoms. The van der Waals surface area contributed by atoms with Gasteiger partial charge in [0, 0.05) is 13.1 Å². The molecule has 0 aromatic heterocycles. The molecule has 0 spiro atoms. The normalized spacial score (nSPS) is 19.8. The number of carbonyl (C=O) groups excluding carboxylic acids is 1. The second kappa shape index (κ2) is 6.27. The minimum absolute atomic E-state index is 0.00271. The maximum atomic E-state index is 12.4. The first-order chi connectivity index (χ1) is 9.47. The van der Waals surface area contributed by atoms with Gasteiger partial charge >= 0.3 is 6.03 Å². The fraction of sp³-hybridized carbons (Fsp3) is 0.562. The van der Waals surface area contributed by atoms with E-state index in [2.05, 4.69) is 26.1 Å². The van der Waals surface area contributed by atoms with Gasteiger partial charge in [0.1, 0.15) is 0 Å². The van der Waals surface area contributed by atoms with Gasteiger partial charge < -0.3 is 15.0 Å². The van der Waals surface area contributed by atoms with Crippen molar-refractivity contribution < 1.29 is 9.53 Å². The molecule has 0 aliphatic carbocycles. The summed E-state index contributed by atoms with van der Waals surface area (Å²) in [5, 5.41) is 3.02. The van der Waals surface area contributed by atoms with Gasteiger partial charge in [-0.15, -0.1) is 0 Å². The molecule has 2 rings (SSSR count). The molecule has 2 amide bonds. The first-order valence-electron chi connectivity index (χ1n) is 7.14. The molecule has 1 N–H and O–H groups in total. The van der Waals surface area contributed by atoms with E-state index >= 15 is 0 Å². The van der Waals surface area contributed by atoms with Crippen LogP contribution in [0.1, 0.15) is 32.4 Å². The summed E-state index contributed by atoms with van der Waals surface area (Å²) in [4.78, 5) is 14.3. The van der Waals surface area contributed by atoms with Crippen molar-refractivity contribution in [3.63, 3.8) is 0 Å². The topological polar surface area (TPSA) is 41.6 Å². The highest BCUT2D eigenvalue weighted by molar-refractivity contribution is 5.75. The Balaban J connectivity index is 2.05. The molecule has 4 heteroatoms. The number of nitrogens with one attached hydrogen (secondary N) is 1. The van der Waals surface area contributed by atoms with Gasteiger partial charge in [0.2, 0.25) is 0 Å². The highest BCUT2D eigenvalue weighted by atomic mass is 16.5. The monoisotopic (exact) mass is 276 g/mol. The van der Waals surface area contributed by atoms with E-state index in [4.69, 9.17) is 4.74 Å². The van der Waals surface area contributed by atoms with E-state index in [0.29, 0.717) is 26.3 Å². The fourth-order valence-electron chi connectivity index (χ4n) is 2.24. The molecule has 4 nitrogen and oxygen atoms in total. The molecule has 1 aromatic rings. The largest absolute Gasteiger partial charge is 0.377 e. The maximum absolute atomic E-state index is 12.4. The van der Waals surface area contributed by atoms with Crippen molar-refractivity contribution in [2.75, 3.05) is 26.3 Å². The smallest absolute Gasteiger partial charge is 0.318 e. The Morgan fingerprint density at radius 2 is 2.05 bits per heavy atom. The fourth-order valence-corrected chi connectivity index (χ4v) is 2.24. The number of amides is 2. The number of hydrogen-bond donors (Lipinski definition) is 1. The Morgan fingerprint density at radius 1 is 1.35 bits per heavy atom. The first-order valence-corrected chi connectivity index (χ1v) is 7.14. The van der Waals surface area contributed by atoms with Gasteiger partial charge in [0.05, 0.1) is 19.3 Å². The maximum Gasteiger partial charge on any atom is 0.318 e. The Bertz CT molecular complexity index is 440. The third-order valence-electron chi connectivity index (χ3n) is 3.34. The van der Waals surface area contributed by atoms with Crippen LogP contribution >= 0.6 is 0 Å². The number of hydrogen-bond acceptors (Lipinski definition) is 2. The molecule has 1 aromatic carbocycles. The molecule has 1 aliphatic rings. The van der Waals surface area contributed by atoms with E-state index in [9.17, 15) is 4.79 Å². The van der Waals surface area contributed by atoms with Crippen molar-refractivity contribution in [2.45, 2.75) is 26.8 Å². The van der Waals surface area contributed by atoms with E-state index in [-0.39, 0.29) is 17.5 Å². The van der Waals surface area contributed by atoms with Crippen LogP contribution in [0.15, 0.2) is 30.3 Å². The summed E-state index contributed by atoms with van der Waals surface area (Å²) in [6, 6.07) is 10.1. The van der Waals surface area contributed by atoms with Gasteiger partial charge in [0.25, 0.3) is 0 Å². The summed E-state index contributed by atoms with van der Waals surface area (Å²) in [5.41, 5.74) is 1.21. The van der Waals surface area contributed by atoms with Crippen LogP contribution in [0, 0.1) is 5.41 Å². The van der Waals surface area contributed by atoms with Gasteiger partial charge in [-0.1, -0.05) is 51.1 Å². The van der Waals surface area contributed by atoms with Crippen molar-refractivity contribution in [1.29, 1.82) is 0 Å². The lowest BCUT2D eigenvalue weighted by Crippen LogP contribution is -2.49. The van der Waals surface area contributed by atoms with Crippen LogP contribution in [0.5, 0.6) is 0 Å². The standard InChI is InChI=1S/C16H24N2O2/c1-16(2,3)12-17-15(19)18-9-10-20-11-14(18)13-7-5-4-6-8-13/h4-8,14H,9-12H2,1-3H3,(H,17,19). The second-order valence-corrected chi connectivity index (χ2v) is 6.41. The van der Waals surface area contributed by atoms with E-state index in [1.54, 1.807) is 0 Å². The zero-order valence-electron chi connectivity index (χ0n) is 12.6. The lowest BCUT2D eigenvalue weighted by Gasteiger charge is -2.36. The van der Waals surface area contributed by atoms with Crippen LogP contribution in [0.3, 0.4) is 0 Å². The van der Waals surface area contributed by atoms with E-state index in [1.165, 1.54) is 0 Å². The van der Waals surface area contributed by atoms with Crippen molar-refractivity contribution in [2.24, 2.45) is 5.41 Å². The predicted octanol–water partition coefficient (Wildman–Crippen LogP) is 2.82.